The molecule has 0 spiro atoms. The third-order valence-electron chi connectivity index (χ3n) is 5.92. The Morgan fingerprint density at radius 1 is 1.17 bits per heavy atom. The fourth-order valence-electron chi connectivity index (χ4n) is 4.62. The second-order valence-corrected chi connectivity index (χ2v) is 7.82. The van der Waals surface area contributed by atoms with E-state index in [0.717, 1.165) is 31.6 Å². The van der Waals surface area contributed by atoms with Crippen molar-refractivity contribution in [2.24, 2.45) is 22.7 Å². The first-order valence-electron chi connectivity index (χ1n) is 7.83. The number of hydrogen-bond acceptors (Lipinski definition) is 2. The fraction of sp³-hybridized carbons (Fsp3) is 1.00. The molecule has 2 nitrogen and oxygen atoms in total. The van der Waals surface area contributed by atoms with Crippen molar-refractivity contribution in [2.45, 2.75) is 58.9 Å². The highest BCUT2D eigenvalue weighted by molar-refractivity contribution is 5.11. The highest BCUT2D eigenvalue weighted by Gasteiger charge is 2.58. The quantitative estimate of drug-likeness (QED) is 0.732. The molecule has 2 heteroatoms. The molecule has 3 saturated carbocycles. The zero-order valence-corrected chi connectivity index (χ0v) is 12.3. The summed E-state index contributed by atoms with van der Waals surface area (Å²) >= 11 is 0. The molecule has 0 heterocycles. The van der Waals surface area contributed by atoms with Crippen LogP contribution in [0.25, 0.3) is 0 Å². The van der Waals surface area contributed by atoms with E-state index in [4.69, 9.17) is 4.74 Å². The van der Waals surface area contributed by atoms with Crippen molar-refractivity contribution in [3.63, 3.8) is 0 Å². The van der Waals surface area contributed by atoms with E-state index in [1.165, 1.54) is 32.1 Å². The average Bonchev–Trinajstić information content (AvgIpc) is 3.00. The first-order chi connectivity index (χ1) is 8.52. The maximum Gasteiger partial charge on any atom is 0.0591 e. The van der Waals surface area contributed by atoms with E-state index in [1.807, 2.05) is 0 Å². The first-order valence-corrected chi connectivity index (χ1v) is 7.83. The molecule has 0 radical (unpaired) electrons. The van der Waals surface area contributed by atoms with E-state index in [2.05, 4.69) is 26.1 Å². The molecular weight excluding hydrogens is 222 g/mol. The van der Waals surface area contributed by atoms with Crippen LogP contribution in [-0.2, 0) is 4.74 Å². The highest BCUT2D eigenvalue weighted by Crippen LogP contribution is 2.62. The summed E-state index contributed by atoms with van der Waals surface area (Å²) in [5.41, 5.74) is 1.02. The maximum absolute atomic E-state index is 5.74. The lowest BCUT2D eigenvalue weighted by molar-refractivity contribution is 0.0847. The summed E-state index contributed by atoms with van der Waals surface area (Å²) in [5, 5.41) is 3.81. The van der Waals surface area contributed by atoms with Crippen LogP contribution >= 0.6 is 0 Å². The molecule has 18 heavy (non-hydrogen) atoms. The van der Waals surface area contributed by atoms with Crippen molar-refractivity contribution in [1.29, 1.82) is 0 Å². The van der Waals surface area contributed by atoms with Crippen molar-refractivity contribution in [1.82, 2.24) is 5.32 Å². The van der Waals surface area contributed by atoms with Crippen LogP contribution in [0, 0.1) is 22.7 Å². The molecule has 2 bridgehead atoms. The van der Waals surface area contributed by atoms with Crippen molar-refractivity contribution < 1.29 is 4.74 Å². The molecule has 1 N–H and O–H groups in total. The van der Waals surface area contributed by atoms with Gasteiger partial charge < -0.3 is 10.1 Å². The minimum absolute atomic E-state index is 0.476. The Morgan fingerprint density at radius 2 is 1.94 bits per heavy atom. The van der Waals surface area contributed by atoms with Gasteiger partial charge in [0, 0.05) is 19.2 Å². The largest absolute Gasteiger partial charge is 0.380 e. The predicted molar refractivity (Wildman–Crippen MR) is 74.6 cm³/mol. The van der Waals surface area contributed by atoms with E-state index in [9.17, 15) is 0 Å². The molecule has 0 amide bonds. The summed E-state index contributed by atoms with van der Waals surface area (Å²) < 4.78 is 5.74. The number of ether oxygens (including phenoxy) is 1. The third kappa shape index (κ3) is 2.22. The molecule has 0 aromatic rings. The van der Waals surface area contributed by atoms with Gasteiger partial charge in [0.2, 0.25) is 0 Å². The van der Waals surface area contributed by atoms with Crippen LogP contribution < -0.4 is 5.32 Å². The number of fused-ring (bicyclic) bond motifs is 2. The van der Waals surface area contributed by atoms with Crippen LogP contribution in [0.15, 0.2) is 0 Å². The Bertz CT molecular complexity index is 305. The maximum atomic E-state index is 5.74. The molecule has 0 aliphatic heterocycles. The van der Waals surface area contributed by atoms with Gasteiger partial charge in [0.1, 0.15) is 0 Å². The van der Waals surface area contributed by atoms with E-state index in [-0.39, 0.29) is 0 Å². The SMILES string of the molecule is CC12CCC(C1)C(C)(C)C2NCCOCC1CC1. The van der Waals surface area contributed by atoms with Gasteiger partial charge in [-0.3, -0.25) is 0 Å². The van der Waals surface area contributed by atoms with Crippen LogP contribution in [0.1, 0.15) is 52.9 Å². The Kier molecular flexibility index (Phi) is 3.22. The third-order valence-corrected chi connectivity index (χ3v) is 5.92. The van der Waals surface area contributed by atoms with Crippen molar-refractivity contribution >= 4 is 0 Å². The summed E-state index contributed by atoms with van der Waals surface area (Å²) in [7, 11) is 0. The van der Waals surface area contributed by atoms with Crippen molar-refractivity contribution in [2.75, 3.05) is 19.8 Å². The normalized spacial score (nSPS) is 41.5. The molecule has 104 valence electrons. The van der Waals surface area contributed by atoms with Crippen LogP contribution in [-0.4, -0.2) is 25.8 Å². The van der Waals surface area contributed by atoms with Gasteiger partial charge in [-0.15, -0.1) is 0 Å². The Hall–Kier alpha value is -0.0800. The highest BCUT2D eigenvalue weighted by atomic mass is 16.5. The second kappa shape index (κ2) is 4.49. The molecule has 3 aliphatic rings. The molecule has 3 fully saturated rings. The molecule has 3 rings (SSSR count). The Labute approximate surface area is 112 Å². The Balaban J connectivity index is 1.46. The predicted octanol–water partition coefficient (Wildman–Crippen LogP) is 3.22. The molecule has 0 saturated heterocycles. The van der Waals surface area contributed by atoms with E-state index in [0.29, 0.717) is 16.9 Å². The Morgan fingerprint density at radius 3 is 2.56 bits per heavy atom. The lowest BCUT2D eigenvalue weighted by Gasteiger charge is -2.43. The lowest BCUT2D eigenvalue weighted by atomic mass is 9.68. The molecule has 3 aliphatic carbocycles. The summed E-state index contributed by atoms with van der Waals surface area (Å²) in [6, 6.07) is 0.688. The smallest absolute Gasteiger partial charge is 0.0591 e. The summed E-state index contributed by atoms with van der Waals surface area (Å²) in [5.74, 6) is 1.83. The van der Waals surface area contributed by atoms with Gasteiger partial charge in [0.05, 0.1) is 6.61 Å². The molecule has 3 atom stereocenters. The number of nitrogens with one attached hydrogen (secondary N) is 1. The van der Waals surface area contributed by atoms with Crippen molar-refractivity contribution in [3.8, 4) is 0 Å². The number of rotatable bonds is 6. The standard InChI is InChI=1S/C16H29NO/c1-15(2)13-6-7-16(3,10-13)14(15)17-8-9-18-11-12-4-5-12/h12-14,17H,4-11H2,1-3H3. The van der Waals surface area contributed by atoms with Crippen LogP contribution in [0.2, 0.25) is 0 Å². The summed E-state index contributed by atoms with van der Waals surface area (Å²) in [6.07, 6.45) is 7.08. The van der Waals surface area contributed by atoms with Gasteiger partial charge >= 0.3 is 0 Å². The van der Waals surface area contributed by atoms with Crippen LogP contribution in [0.5, 0.6) is 0 Å². The van der Waals surface area contributed by atoms with E-state index in [1.54, 1.807) is 0 Å². The molecular formula is C16H29NO. The average molecular weight is 251 g/mol. The van der Waals surface area contributed by atoms with E-state index < -0.39 is 0 Å². The van der Waals surface area contributed by atoms with E-state index >= 15 is 0 Å². The molecule has 0 aromatic carbocycles. The lowest BCUT2D eigenvalue weighted by Crippen LogP contribution is -2.51. The minimum atomic E-state index is 0.476. The molecule has 3 unspecified atom stereocenters. The molecule has 0 aromatic heterocycles. The van der Waals surface area contributed by atoms with Gasteiger partial charge in [0.25, 0.3) is 0 Å². The second-order valence-electron chi connectivity index (χ2n) is 7.82. The van der Waals surface area contributed by atoms with Crippen LogP contribution in [0.3, 0.4) is 0 Å². The van der Waals surface area contributed by atoms with Gasteiger partial charge in [-0.2, -0.15) is 0 Å². The zero-order chi connectivity index (χ0) is 12.8. The van der Waals surface area contributed by atoms with Crippen molar-refractivity contribution in [3.05, 3.63) is 0 Å². The van der Waals surface area contributed by atoms with Gasteiger partial charge in [-0.05, 0) is 54.8 Å². The van der Waals surface area contributed by atoms with Gasteiger partial charge in [-0.1, -0.05) is 20.8 Å². The van der Waals surface area contributed by atoms with Gasteiger partial charge in [-0.25, -0.2) is 0 Å². The summed E-state index contributed by atoms with van der Waals surface area (Å²) in [6.45, 7) is 10.3. The number of hydrogen-bond donors (Lipinski definition) is 1. The summed E-state index contributed by atoms with van der Waals surface area (Å²) in [4.78, 5) is 0. The topological polar surface area (TPSA) is 21.3 Å². The van der Waals surface area contributed by atoms with Crippen LogP contribution in [0.4, 0.5) is 0 Å². The first kappa shape index (κ1) is 12.9. The fourth-order valence-corrected chi connectivity index (χ4v) is 4.62. The zero-order valence-electron chi connectivity index (χ0n) is 12.3. The monoisotopic (exact) mass is 251 g/mol. The minimum Gasteiger partial charge on any atom is -0.380 e. The van der Waals surface area contributed by atoms with Gasteiger partial charge in [0.15, 0.2) is 0 Å².